The minimum Gasteiger partial charge on any atom is -0.427 e. The summed E-state index contributed by atoms with van der Waals surface area (Å²) in [6.45, 7) is 11.7. The van der Waals surface area contributed by atoms with Crippen LogP contribution in [-0.2, 0) is 4.65 Å². The number of allylic oxidation sites excluding steroid dienone is 2. The van der Waals surface area contributed by atoms with Crippen LogP contribution in [-0.4, -0.2) is 23.8 Å². The van der Waals surface area contributed by atoms with Crippen LogP contribution < -0.4 is 0 Å². The van der Waals surface area contributed by atoms with E-state index < -0.39 is 11.2 Å². The van der Waals surface area contributed by atoms with E-state index in [0.29, 0.717) is 0 Å². The maximum absolute atomic E-state index is 10.0. The third-order valence-electron chi connectivity index (χ3n) is 3.51. The molecule has 0 rings (SSSR count). The quantitative estimate of drug-likeness (QED) is 0.496. The molecule has 0 saturated carbocycles. The summed E-state index contributed by atoms with van der Waals surface area (Å²) in [5, 5.41) is 10.0. The monoisotopic (exact) mass is 253 g/mol. The molecule has 0 aromatic carbocycles. The van der Waals surface area contributed by atoms with Crippen LogP contribution in [0, 0.1) is 0 Å². The Morgan fingerprint density at radius 2 is 1.78 bits per heavy atom. The van der Waals surface area contributed by atoms with Gasteiger partial charge in [0.05, 0.1) is 11.2 Å². The second kappa shape index (κ2) is 8.01. The van der Waals surface area contributed by atoms with Crippen LogP contribution >= 0.6 is 0 Å². The number of unbranched alkanes of at least 4 members (excludes halogenated alkanes) is 2. The van der Waals surface area contributed by atoms with E-state index in [1.165, 1.54) is 24.7 Å². The Kier molecular flexibility index (Phi) is 7.89. The standard InChI is InChI=1S/C15H30BO2/c1-7-9-10-12-13(11-8-2)16-18-15(5,6)14(3,4)17/h11,17H,7-10,12H2,1-6H3/b13-11+. The van der Waals surface area contributed by atoms with E-state index in [4.69, 9.17) is 4.65 Å². The Balaban J connectivity index is 4.32. The van der Waals surface area contributed by atoms with Crippen molar-refractivity contribution in [3.05, 3.63) is 11.5 Å². The number of rotatable bonds is 9. The molecule has 0 bridgehead atoms. The molecule has 0 aromatic heterocycles. The van der Waals surface area contributed by atoms with E-state index in [0.717, 1.165) is 12.8 Å². The van der Waals surface area contributed by atoms with E-state index in [1.807, 2.05) is 21.3 Å². The Morgan fingerprint density at radius 3 is 2.22 bits per heavy atom. The summed E-state index contributed by atoms with van der Waals surface area (Å²) >= 11 is 0. The zero-order chi connectivity index (χ0) is 14.2. The highest BCUT2D eigenvalue weighted by molar-refractivity contribution is 6.38. The molecule has 105 valence electrons. The van der Waals surface area contributed by atoms with Crippen molar-refractivity contribution in [1.82, 2.24) is 0 Å². The summed E-state index contributed by atoms with van der Waals surface area (Å²) in [7, 11) is 1.83. The summed E-state index contributed by atoms with van der Waals surface area (Å²) in [5.41, 5.74) is -0.197. The molecule has 0 aliphatic heterocycles. The third-order valence-corrected chi connectivity index (χ3v) is 3.51. The first-order valence-electron chi connectivity index (χ1n) is 7.17. The van der Waals surface area contributed by atoms with Crippen molar-refractivity contribution >= 4 is 7.48 Å². The molecule has 0 aliphatic carbocycles. The van der Waals surface area contributed by atoms with Crippen molar-refractivity contribution in [3.63, 3.8) is 0 Å². The summed E-state index contributed by atoms with van der Waals surface area (Å²) in [4.78, 5) is 0. The molecular weight excluding hydrogens is 223 g/mol. The zero-order valence-corrected chi connectivity index (χ0v) is 13.0. The maximum Gasteiger partial charge on any atom is 0.326 e. The number of aliphatic hydroxyl groups is 1. The van der Waals surface area contributed by atoms with E-state index in [9.17, 15) is 5.11 Å². The van der Waals surface area contributed by atoms with E-state index in [1.54, 1.807) is 13.8 Å². The molecule has 0 aromatic rings. The molecule has 0 aliphatic rings. The molecular formula is C15H30BO2. The molecule has 0 unspecified atom stereocenters. The van der Waals surface area contributed by atoms with Gasteiger partial charge in [0.2, 0.25) is 0 Å². The fraction of sp³-hybridized carbons (Fsp3) is 0.867. The van der Waals surface area contributed by atoms with E-state index in [-0.39, 0.29) is 0 Å². The van der Waals surface area contributed by atoms with Crippen LogP contribution in [0.25, 0.3) is 0 Å². The Morgan fingerprint density at radius 1 is 1.17 bits per heavy atom. The second-order valence-electron chi connectivity index (χ2n) is 5.95. The fourth-order valence-corrected chi connectivity index (χ4v) is 1.42. The van der Waals surface area contributed by atoms with Gasteiger partial charge in [-0.05, 0) is 40.5 Å². The molecule has 0 saturated heterocycles. The first kappa shape index (κ1) is 17.7. The van der Waals surface area contributed by atoms with Crippen molar-refractivity contribution < 1.29 is 9.76 Å². The molecule has 0 atom stereocenters. The highest BCUT2D eigenvalue weighted by Crippen LogP contribution is 2.25. The molecule has 0 heterocycles. The maximum atomic E-state index is 10.0. The first-order chi connectivity index (χ1) is 8.24. The van der Waals surface area contributed by atoms with Crippen molar-refractivity contribution in [2.45, 2.75) is 84.8 Å². The second-order valence-corrected chi connectivity index (χ2v) is 5.95. The summed E-state index contributed by atoms with van der Waals surface area (Å²) in [5.74, 6) is 0. The highest BCUT2D eigenvalue weighted by atomic mass is 16.5. The van der Waals surface area contributed by atoms with Crippen LogP contribution in [0.4, 0.5) is 0 Å². The lowest BCUT2D eigenvalue weighted by Crippen LogP contribution is -2.48. The zero-order valence-electron chi connectivity index (χ0n) is 13.0. The van der Waals surface area contributed by atoms with Crippen molar-refractivity contribution in [2.75, 3.05) is 0 Å². The van der Waals surface area contributed by atoms with Gasteiger partial charge in [-0.25, -0.2) is 0 Å². The summed E-state index contributed by atoms with van der Waals surface area (Å²) in [6, 6.07) is 0. The number of hydrogen-bond donors (Lipinski definition) is 1. The van der Waals surface area contributed by atoms with Gasteiger partial charge in [-0.2, -0.15) is 0 Å². The summed E-state index contributed by atoms with van der Waals surface area (Å²) < 4.78 is 5.80. The lowest BCUT2D eigenvalue weighted by atomic mass is 9.79. The lowest BCUT2D eigenvalue weighted by molar-refractivity contribution is -0.0897. The fourth-order valence-electron chi connectivity index (χ4n) is 1.42. The minimum absolute atomic E-state index is 0.579. The predicted octanol–water partition coefficient (Wildman–Crippen LogP) is 4.05. The Bertz CT molecular complexity index is 252. The average molecular weight is 253 g/mol. The molecule has 2 nitrogen and oxygen atoms in total. The first-order valence-corrected chi connectivity index (χ1v) is 7.17. The van der Waals surface area contributed by atoms with Gasteiger partial charge in [0.25, 0.3) is 0 Å². The van der Waals surface area contributed by atoms with Crippen LogP contribution in [0.1, 0.15) is 73.6 Å². The highest BCUT2D eigenvalue weighted by Gasteiger charge is 2.35. The molecule has 1 radical (unpaired) electrons. The Hall–Kier alpha value is -0.275. The SMILES string of the molecule is CC/C=C(/[B]OC(C)(C)C(C)(C)O)CCCCC. The van der Waals surface area contributed by atoms with Gasteiger partial charge in [0.15, 0.2) is 0 Å². The molecule has 1 N–H and O–H groups in total. The Labute approximate surface area is 114 Å². The van der Waals surface area contributed by atoms with Gasteiger partial charge in [0.1, 0.15) is 0 Å². The predicted molar refractivity (Wildman–Crippen MR) is 79.7 cm³/mol. The van der Waals surface area contributed by atoms with Gasteiger partial charge in [-0.1, -0.05) is 44.7 Å². The summed E-state index contributed by atoms with van der Waals surface area (Å²) in [6.07, 6.45) is 7.97. The average Bonchev–Trinajstić information content (AvgIpc) is 2.24. The third kappa shape index (κ3) is 6.60. The van der Waals surface area contributed by atoms with Crippen molar-refractivity contribution in [3.8, 4) is 0 Å². The van der Waals surface area contributed by atoms with Gasteiger partial charge >= 0.3 is 7.48 Å². The smallest absolute Gasteiger partial charge is 0.326 e. The topological polar surface area (TPSA) is 29.5 Å². The molecule has 0 spiro atoms. The van der Waals surface area contributed by atoms with Crippen LogP contribution in [0.3, 0.4) is 0 Å². The number of hydrogen-bond acceptors (Lipinski definition) is 2. The van der Waals surface area contributed by atoms with Gasteiger partial charge in [0, 0.05) is 0 Å². The van der Waals surface area contributed by atoms with Gasteiger partial charge in [-0.15, -0.1) is 0 Å². The molecule has 0 fully saturated rings. The molecule has 0 amide bonds. The van der Waals surface area contributed by atoms with Crippen LogP contribution in [0.2, 0.25) is 0 Å². The van der Waals surface area contributed by atoms with Crippen molar-refractivity contribution in [1.29, 1.82) is 0 Å². The molecule has 3 heteroatoms. The van der Waals surface area contributed by atoms with E-state index >= 15 is 0 Å². The van der Waals surface area contributed by atoms with Gasteiger partial charge < -0.3 is 9.76 Å². The van der Waals surface area contributed by atoms with Crippen LogP contribution in [0.5, 0.6) is 0 Å². The van der Waals surface area contributed by atoms with Crippen molar-refractivity contribution in [2.24, 2.45) is 0 Å². The van der Waals surface area contributed by atoms with Crippen LogP contribution in [0.15, 0.2) is 11.5 Å². The minimum atomic E-state index is -0.857. The largest absolute Gasteiger partial charge is 0.427 e. The van der Waals surface area contributed by atoms with Gasteiger partial charge in [-0.3, -0.25) is 0 Å². The van der Waals surface area contributed by atoms with E-state index in [2.05, 4.69) is 19.9 Å². The molecule has 18 heavy (non-hydrogen) atoms. The normalized spacial score (nSPS) is 13.8. The lowest BCUT2D eigenvalue weighted by Gasteiger charge is -2.37.